The monoisotopic (exact) mass is 362 g/mol. The first-order valence-corrected chi connectivity index (χ1v) is 7.83. The number of para-hydroxylation sites is 2. The van der Waals surface area contributed by atoms with Crippen molar-refractivity contribution in [2.45, 2.75) is 12.7 Å². The summed E-state index contributed by atoms with van der Waals surface area (Å²) in [6, 6.07) is 12.3. The SMILES string of the molecule is CNC(=O)[C@@H]1CN(C(=O)c2ccc(OC(F)F)cc2)c2ccccc2O1. The van der Waals surface area contributed by atoms with Crippen molar-refractivity contribution in [1.82, 2.24) is 5.32 Å². The Balaban J connectivity index is 1.88. The maximum absolute atomic E-state index is 12.9. The number of likely N-dealkylation sites (N-methyl/N-ethyl adjacent to an activating group) is 1. The van der Waals surface area contributed by atoms with E-state index in [1.165, 1.54) is 36.2 Å². The van der Waals surface area contributed by atoms with Crippen LogP contribution in [0.4, 0.5) is 14.5 Å². The van der Waals surface area contributed by atoms with E-state index in [0.29, 0.717) is 11.4 Å². The van der Waals surface area contributed by atoms with Crippen molar-refractivity contribution in [3.8, 4) is 11.5 Å². The van der Waals surface area contributed by atoms with Crippen LogP contribution in [0.15, 0.2) is 48.5 Å². The highest BCUT2D eigenvalue weighted by Gasteiger charge is 2.33. The van der Waals surface area contributed by atoms with Gasteiger partial charge in [-0.3, -0.25) is 9.59 Å². The molecule has 0 radical (unpaired) electrons. The van der Waals surface area contributed by atoms with Crippen molar-refractivity contribution in [3.63, 3.8) is 0 Å². The summed E-state index contributed by atoms with van der Waals surface area (Å²) in [5, 5.41) is 2.50. The van der Waals surface area contributed by atoms with Gasteiger partial charge in [0.2, 0.25) is 0 Å². The molecule has 0 saturated carbocycles. The van der Waals surface area contributed by atoms with Gasteiger partial charge in [-0.05, 0) is 36.4 Å². The molecule has 0 aromatic heterocycles. The topological polar surface area (TPSA) is 67.9 Å². The van der Waals surface area contributed by atoms with E-state index in [2.05, 4.69) is 10.1 Å². The van der Waals surface area contributed by atoms with Crippen LogP contribution >= 0.6 is 0 Å². The number of rotatable bonds is 4. The Morgan fingerprint density at radius 3 is 2.54 bits per heavy atom. The number of hydrogen-bond donors (Lipinski definition) is 1. The van der Waals surface area contributed by atoms with Crippen LogP contribution in [0.5, 0.6) is 11.5 Å². The van der Waals surface area contributed by atoms with Crippen LogP contribution in [0.1, 0.15) is 10.4 Å². The molecule has 136 valence electrons. The third kappa shape index (κ3) is 3.58. The molecule has 2 aromatic carbocycles. The fourth-order valence-electron chi connectivity index (χ4n) is 2.66. The second-order valence-electron chi connectivity index (χ2n) is 5.51. The minimum atomic E-state index is -2.93. The molecule has 3 rings (SSSR count). The lowest BCUT2D eigenvalue weighted by Crippen LogP contribution is -2.50. The van der Waals surface area contributed by atoms with E-state index in [0.717, 1.165) is 0 Å². The molecular formula is C18H16F2N2O4. The van der Waals surface area contributed by atoms with Crippen LogP contribution in [0, 0.1) is 0 Å². The van der Waals surface area contributed by atoms with E-state index in [9.17, 15) is 18.4 Å². The van der Waals surface area contributed by atoms with Crippen molar-refractivity contribution in [2.24, 2.45) is 0 Å². The molecule has 26 heavy (non-hydrogen) atoms. The molecular weight excluding hydrogens is 346 g/mol. The Labute approximate surface area is 148 Å². The molecule has 8 heteroatoms. The lowest BCUT2D eigenvalue weighted by Gasteiger charge is -2.34. The summed E-state index contributed by atoms with van der Waals surface area (Å²) in [4.78, 5) is 26.3. The second kappa shape index (κ2) is 7.38. The molecule has 6 nitrogen and oxygen atoms in total. The number of benzene rings is 2. The van der Waals surface area contributed by atoms with Gasteiger partial charge in [0.05, 0.1) is 12.2 Å². The number of carbonyl (C=O) groups is 2. The third-order valence-corrected chi connectivity index (χ3v) is 3.88. The smallest absolute Gasteiger partial charge is 0.387 e. The number of halogens is 2. The number of amides is 2. The van der Waals surface area contributed by atoms with Gasteiger partial charge in [0.1, 0.15) is 11.5 Å². The summed E-state index contributed by atoms with van der Waals surface area (Å²) in [6.45, 7) is -2.90. The normalized spacial score (nSPS) is 15.8. The van der Waals surface area contributed by atoms with E-state index >= 15 is 0 Å². The van der Waals surface area contributed by atoms with E-state index < -0.39 is 12.7 Å². The van der Waals surface area contributed by atoms with Crippen LogP contribution in [-0.4, -0.2) is 38.1 Å². The number of nitrogens with zero attached hydrogens (tertiary/aromatic N) is 1. The van der Waals surface area contributed by atoms with E-state index in [-0.39, 0.29) is 29.7 Å². The first kappa shape index (κ1) is 17.7. The molecule has 1 aliphatic heterocycles. The van der Waals surface area contributed by atoms with Crippen LogP contribution < -0.4 is 19.7 Å². The number of nitrogens with one attached hydrogen (secondary N) is 1. The zero-order valence-electron chi connectivity index (χ0n) is 13.8. The van der Waals surface area contributed by atoms with Gasteiger partial charge >= 0.3 is 6.61 Å². The van der Waals surface area contributed by atoms with Gasteiger partial charge in [-0.1, -0.05) is 12.1 Å². The molecule has 0 bridgehead atoms. The lowest BCUT2D eigenvalue weighted by molar-refractivity contribution is -0.127. The third-order valence-electron chi connectivity index (χ3n) is 3.88. The highest BCUT2D eigenvalue weighted by Crippen LogP contribution is 2.34. The molecule has 0 saturated heterocycles. The number of carbonyl (C=O) groups excluding carboxylic acids is 2. The first-order chi connectivity index (χ1) is 12.5. The second-order valence-corrected chi connectivity index (χ2v) is 5.51. The zero-order valence-corrected chi connectivity index (χ0v) is 13.8. The Bertz CT molecular complexity index is 811. The number of alkyl halides is 2. The zero-order chi connectivity index (χ0) is 18.7. The molecule has 0 fully saturated rings. The summed E-state index contributed by atoms with van der Waals surface area (Å²) >= 11 is 0. The standard InChI is InChI=1S/C18H16F2N2O4/c1-21-16(23)15-10-22(13-4-2-3-5-14(13)26-15)17(24)11-6-8-12(9-7-11)25-18(19)20/h2-9,15,18H,10H2,1H3,(H,21,23)/t15-/m0/s1. The van der Waals surface area contributed by atoms with Gasteiger partial charge in [0.25, 0.3) is 11.8 Å². The quantitative estimate of drug-likeness (QED) is 0.907. The molecule has 1 atom stereocenters. The van der Waals surface area contributed by atoms with Crippen molar-refractivity contribution in [2.75, 3.05) is 18.5 Å². The van der Waals surface area contributed by atoms with Gasteiger partial charge in [0, 0.05) is 12.6 Å². The Morgan fingerprint density at radius 2 is 1.88 bits per heavy atom. The largest absolute Gasteiger partial charge is 0.477 e. The number of anilines is 1. The molecule has 2 aromatic rings. The number of fused-ring (bicyclic) bond motifs is 1. The highest BCUT2D eigenvalue weighted by atomic mass is 19.3. The average Bonchev–Trinajstić information content (AvgIpc) is 2.66. The summed E-state index contributed by atoms with van der Waals surface area (Å²) < 4.78 is 34.4. The Hall–Kier alpha value is -3.16. The van der Waals surface area contributed by atoms with Crippen molar-refractivity contribution in [1.29, 1.82) is 0 Å². The Morgan fingerprint density at radius 1 is 1.19 bits per heavy atom. The summed E-state index contributed by atoms with van der Waals surface area (Å²) in [7, 11) is 1.49. The maximum Gasteiger partial charge on any atom is 0.387 e. The minimum Gasteiger partial charge on any atom is -0.477 e. The lowest BCUT2D eigenvalue weighted by atomic mass is 10.1. The minimum absolute atomic E-state index is 0.0325. The van der Waals surface area contributed by atoms with Gasteiger partial charge in [-0.25, -0.2) is 0 Å². The maximum atomic E-state index is 12.9. The van der Waals surface area contributed by atoms with Gasteiger partial charge in [0.15, 0.2) is 6.10 Å². The molecule has 0 spiro atoms. The van der Waals surface area contributed by atoms with Crippen LogP contribution in [-0.2, 0) is 4.79 Å². The predicted octanol–water partition coefficient (Wildman–Crippen LogP) is 2.44. The Kier molecular flexibility index (Phi) is 5.01. The molecule has 1 N–H and O–H groups in total. The van der Waals surface area contributed by atoms with E-state index in [4.69, 9.17) is 4.74 Å². The van der Waals surface area contributed by atoms with Gasteiger partial charge in [-0.2, -0.15) is 8.78 Å². The summed E-state index contributed by atoms with van der Waals surface area (Å²) in [5.74, 6) is -0.350. The molecule has 2 amide bonds. The van der Waals surface area contributed by atoms with Crippen LogP contribution in [0.25, 0.3) is 0 Å². The molecule has 1 aliphatic rings. The van der Waals surface area contributed by atoms with Crippen molar-refractivity contribution in [3.05, 3.63) is 54.1 Å². The summed E-state index contributed by atoms with van der Waals surface area (Å²) in [6.07, 6.45) is -0.847. The van der Waals surface area contributed by atoms with E-state index in [1.54, 1.807) is 24.3 Å². The number of hydrogen-bond acceptors (Lipinski definition) is 4. The predicted molar refractivity (Wildman–Crippen MR) is 89.7 cm³/mol. The highest BCUT2D eigenvalue weighted by molar-refractivity contribution is 6.08. The van der Waals surface area contributed by atoms with Crippen LogP contribution in [0.3, 0.4) is 0 Å². The van der Waals surface area contributed by atoms with E-state index in [1.807, 2.05) is 0 Å². The molecule has 0 aliphatic carbocycles. The first-order valence-electron chi connectivity index (χ1n) is 7.83. The molecule has 0 unspecified atom stereocenters. The van der Waals surface area contributed by atoms with Crippen molar-refractivity contribution < 1.29 is 27.8 Å². The fraction of sp³-hybridized carbons (Fsp3) is 0.222. The number of ether oxygens (including phenoxy) is 2. The van der Waals surface area contributed by atoms with Crippen LogP contribution in [0.2, 0.25) is 0 Å². The molecule has 1 heterocycles. The van der Waals surface area contributed by atoms with Gasteiger partial charge in [-0.15, -0.1) is 0 Å². The van der Waals surface area contributed by atoms with Crippen molar-refractivity contribution >= 4 is 17.5 Å². The fourth-order valence-corrected chi connectivity index (χ4v) is 2.66. The van der Waals surface area contributed by atoms with Gasteiger partial charge < -0.3 is 19.7 Å². The summed E-state index contributed by atoms with van der Waals surface area (Å²) in [5.41, 5.74) is 0.810. The average molecular weight is 362 g/mol.